The van der Waals surface area contributed by atoms with Gasteiger partial charge in [0, 0.05) is 26.7 Å². The Balaban J connectivity index is 1.58. The van der Waals surface area contributed by atoms with Crippen LogP contribution in [0, 0.1) is 5.82 Å². The van der Waals surface area contributed by atoms with E-state index in [0.717, 1.165) is 18.9 Å². The molecular formula is C20H29FN4O. The fourth-order valence-electron chi connectivity index (χ4n) is 2.97. The zero-order valence-electron chi connectivity index (χ0n) is 15.5. The van der Waals surface area contributed by atoms with E-state index in [0.29, 0.717) is 18.7 Å². The van der Waals surface area contributed by atoms with Crippen LogP contribution < -0.4 is 16.0 Å². The van der Waals surface area contributed by atoms with E-state index in [9.17, 15) is 9.18 Å². The molecule has 1 aromatic carbocycles. The Labute approximate surface area is 155 Å². The number of guanidine groups is 1. The second-order valence-corrected chi connectivity index (χ2v) is 6.44. The van der Waals surface area contributed by atoms with Crippen molar-refractivity contribution in [3.8, 4) is 0 Å². The maximum absolute atomic E-state index is 13.1. The number of aliphatic imine (C=N–C) groups is 1. The normalized spacial score (nSPS) is 14.5. The third-order valence-electron chi connectivity index (χ3n) is 4.34. The van der Waals surface area contributed by atoms with Crippen LogP contribution in [0.5, 0.6) is 0 Å². The van der Waals surface area contributed by atoms with E-state index >= 15 is 0 Å². The number of nitrogens with zero attached hydrogens (tertiary/aromatic N) is 1. The molecule has 3 N–H and O–H groups in total. The fraction of sp³-hybridized carbons (Fsp3) is 0.500. The first kappa shape index (κ1) is 19.9. The third kappa shape index (κ3) is 7.68. The van der Waals surface area contributed by atoms with Crippen molar-refractivity contribution in [2.24, 2.45) is 4.99 Å². The highest BCUT2D eigenvalue weighted by Gasteiger charge is 2.05. The van der Waals surface area contributed by atoms with Gasteiger partial charge < -0.3 is 16.0 Å². The van der Waals surface area contributed by atoms with E-state index < -0.39 is 0 Å². The van der Waals surface area contributed by atoms with Crippen LogP contribution in [0.2, 0.25) is 0 Å². The van der Waals surface area contributed by atoms with Gasteiger partial charge >= 0.3 is 0 Å². The number of carbonyl (C=O) groups is 1. The van der Waals surface area contributed by atoms with Crippen molar-refractivity contribution in [3.05, 3.63) is 47.3 Å². The van der Waals surface area contributed by atoms with Gasteiger partial charge in [-0.1, -0.05) is 23.8 Å². The minimum Gasteiger partial charge on any atom is -0.356 e. The highest BCUT2D eigenvalue weighted by molar-refractivity contribution is 5.80. The summed E-state index contributed by atoms with van der Waals surface area (Å²) in [5.74, 6) is 0.293. The van der Waals surface area contributed by atoms with Gasteiger partial charge in [0.2, 0.25) is 5.91 Å². The number of benzene rings is 1. The molecule has 1 aromatic rings. The number of amides is 1. The van der Waals surface area contributed by atoms with Crippen LogP contribution >= 0.6 is 0 Å². The molecule has 1 aliphatic carbocycles. The lowest BCUT2D eigenvalue weighted by molar-refractivity contribution is -0.120. The van der Waals surface area contributed by atoms with Gasteiger partial charge in [0.1, 0.15) is 5.82 Å². The zero-order valence-corrected chi connectivity index (χ0v) is 15.5. The van der Waals surface area contributed by atoms with Crippen LogP contribution in [-0.2, 0) is 11.2 Å². The van der Waals surface area contributed by atoms with E-state index in [-0.39, 0.29) is 18.1 Å². The molecule has 0 saturated carbocycles. The van der Waals surface area contributed by atoms with E-state index in [4.69, 9.17) is 0 Å². The quantitative estimate of drug-likeness (QED) is 0.289. The molecule has 6 heteroatoms. The lowest BCUT2D eigenvalue weighted by atomic mass is 9.97. The first-order chi connectivity index (χ1) is 12.7. The summed E-state index contributed by atoms with van der Waals surface area (Å²) >= 11 is 0. The van der Waals surface area contributed by atoms with Gasteiger partial charge in [0.05, 0.1) is 6.42 Å². The predicted octanol–water partition coefficient (Wildman–Crippen LogP) is 2.54. The maximum Gasteiger partial charge on any atom is 0.224 e. The van der Waals surface area contributed by atoms with Crippen LogP contribution in [0.4, 0.5) is 4.39 Å². The van der Waals surface area contributed by atoms with Crippen LogP contribution in [0.1, 0.15) is 37.7 Å². The topological polar surface area (TPSA) is 65.5 Å². The SMILES string of the molecule is CN=C(NCCNC(=O)Cc1cccc(F)c1)NCCC1=CCCCC1. The monoisotopic (exact) mass is 360 g/mol. The molecule has 0 atom stereocenters. The van der Waals surface area contributed by atoms with Gasteiger partial charge in [-0.25, -0.2) is 4.39 Å². The van der Waals surface area contributed by atoms with Gasteiger partial charge in [0.25, 0.3) is 0 Å². The van der Waals surface area contributed by atoms with Gasteiger partial charge in [-0.3, -0.25) is 9.79 Å². The lowest BCUT2D eigenvalue weighted by Crippen LogP contribution is -2.42. The molecule has 142 valence electrons. The molecule has 26 heavy (non-hydrogen) atoms. The Morgan fingerprint density at radius 2 is 1.96 bits per heavy atom. The van der Waals surface area contributed by atoms with Crippen molar-refractivity contribution >= 4 is 11.9 Å². The summed E-state index contributed by atoms with van der Waals surface area (Å²) in [5.41, 5.74) is 2.20. The van der Waals surface area contributed by atoms with E-state index in [1.54, 1.807) is 19.2 Å². The Hall–Kier alpha value is -2.37. The average Bonchev–Trinajstić information content (AvgIpc) is 2.64. The number of hydrogen-bond acceptors (Lipinski definition) is 2. The summed E-state index contributed by atoms with van der Waals surface area (Å²) in [6.07, 6.45) is 8.61. The molecule has 0 unspecified atom stereocenters. The summed E-state index contributed by atoms with van der Waals surface area (Å²) in [6, 6.07) is 6.10. The van der Waals surface area contributed by atoms with Gasteiger partial charge in [-0.15, -0.1) is 0 Å². The predicted molar refractivity (Wildman–Crippen MR) is 104 cm³/mol. The van der Waals surface area contributed by atoms with E-state index in [2.05, 4.69) is 27.0 Å². The summed E-state index contributed by atoms with van der Waals surface area (Å²) < 4.78 is 13.1. The highest BCUT2D eigenvalue weighted by atomic mass is 19.1. The van der Waals surface area contributed by atoms with Gasteiger partial charge in [-0.05, 0) is 49.8 Å². The number of carbonyl (C=O) groups excluding carboxylic acids is 1. The molecule has 5 nitrogen and oxygen atoms in total. The number of rotatable bonds is 8. The summed E-state index contributed by atoms with van der Waals surface area (Å²) in [7, 11) is 1.73. The van der Waals surface area contributed by atoms with Gasteiger partial charge in [-0.2, -0.15) is 0 Å². The fourth-order valence-corrected chi connectivity index (χ4v) is 2.97. The Kier molecular flexibility index (Phi) is 8.66. The molecule has 0 saturated heterocycles. The Morgan fingerprint density at radius 1 is 1.15 bits per heavy atom. The largest absolute Gasteiger partial charge is 0.356 e. The minimum absolute atomic E-state index is 0.121. The Bertz CT molecular complexity index is 642. The summed E-state index contributed by atoms with van der Waals surface area (Å²) in [4.78, 5) is 16.1. The van der Waals surface area contributed by atoms with Crippen LogP contribution in [0.25, 0.3) is 0 Å². The Morgan fingerprint density at radius 3 is 2.69 bits per heavy atom. The molecule has 0 spiro atoms. The number of hydrogen-bond donors (Lipinski definition) is 3. The molecule has 0 radical (unpaired) electrons. The van der Waals surface area contributed by atoms with Crippen LogP contribution in [-0.4, -0.2) is 38.5 Å². The molecule has 0 bridgehead atoms. The van der Waals surface area contributed by atoms with Crippen molar-refractivity contribution in [3.63, 3.8) is 0 Å². The molecule has 0 fully saturated rings. The maximum atomic E-state index is 13.1. The van der Waals surface area contributed by atoms with Crippen molar-refractivity contribution in [2.75, 3.05) is 26.7 Å². The van der Waals surface area contributed by atoms with E-state index in [1.165, 1.54) is 43.4 Å². The summed E-state index contributed by atoms with van der Waals surface area (Å²) in [5, 5.41) is 9.30. The number of halogens is 1. The average molecular weight is 360 g/mol. The second-order valence-electron chi connectivity index (χ2n) is 6.44. The molecule has 1 aliphatic rings. The van der Waals surface area contributed by atoms with Crippen molar-refractivity contribution < 1.29 is 9.18 Å². The van der Waals surface area contributed by atoms with Gasteiger partial charge in [0.15, 0.2) is 5.96 Å². The molecule has 2 rings (SSSR count). The van der Waals surface area contributed by atoms with E-state index in [1.807, 2.05) is 0 Å². The molecule has 0 aromatic heterocycles. The minimum atomic E-state index is -0.323. The first-order valence-corrected chi connectivity index (χ1v) is 9.31. The highest BCUT2D eigenvalue weighted by Crippen LogP contribution is 2.19. The lowest BCUT2D eigenvalue weighted by Gasteiger charge is -2.15. The van der Waals surface area contributed by atoms with Crippen molar-refractivity contribution in [1.82, 2.24) is 16.0 Å². The van der Waals surface area contributed by atoms with Crippen molar-refractivity contribution in [1.29, 1.82) is 0 Å². The zero-order chi connectivity index (χ0) is 18.6. The first-order valence-electron chi connectivity index (χ1n) is 9.31. The summed E-state index contributed by atoms with van der Waals surface area (Å²) in [6.45, 7) is 1.93. The number of nitrogens with one attached hydrogen (secondary N) is 3. The molecule has 0 heterocycles. The second kappa shape index (κ2) is 11.3. The standard InChI is InChI=1S/C20H29FN4O/c1-22-20(24-11-10-16-6-3-2-4-7-16)25-13-12-23-19(26)15-17-8-5-9-18(21)14-17/h5-6,8-9,14H,2-4,7,10-13,15H2,1H3,(H,23,26)(H2,22,24,25). The third-order valence-corrected chi connectivity index (χ3v) is 4.34. The molecule has 0 aliphatic heterocycles. The molecular weight excluding hydrogens is 331 g/mol. The number of allylic oxidation sites excluding steroid dienone is 1. The smallest absolute Gasteiger partial charge is 0.224 e. The van der Waals surface area contributed by atoms with Crippen molar-refractivity contribution in [2.45, 2.75) is 38.5 Å². The molecule has 1 amide bonds. The van der Waals surface area contributed by atoms with Crippen LogP contribution in [0.3, 0.4) is 0 Å². The van der Waals surface area contributed by atoms with Crippen LogP contribution in [0.15, 0.2) is 40.9 Å².